The molecule has 1 aliphatic carbocycles. The summed E-state index contributed by atoms with van der Waals surface area (Å²) in [7, 11) is 0. The highest BCUT2D eigenvalue weighted by Crippen LogP contribution is 2.43. The Hall–Kier alpha value is -0.860. The molecule has 2 fully saturated rings. The van der Waals surface area contributed by atoms with Crippen LogP contribution in [0.1, 0.15) is 62.6 Å². The summed E-state index contributed by atoms with van der Waals surface area (Å²) in [5, 5.41) is 3.64. The number of hydrogen-bond donors (Lipinski definition) is 1. The van der Waals surface area contributed by atoms with Gasteiger partial charge in [-0.25, -0.2) is 0 Å². The number of nitrogens with one attached hydrogen (secondary N) is 1. The Bertz CT molecular complexity index is 433. The molecule has 1 aromatic carbocycles. The second kappa shape index (κ2) is 5.87. The van der Waals surface area contributed by atoms with Crippen molar-refractivity contribution in [2.45, 2.75) is 70.1 Å². The molecule has 2 heteroatoms. The van der Waals surface area contributed by atoms with Crippen molar-refractivity contribution in [3.05, 3.63) is 35.4 Å². The van der Waals surface area contributed by atoms with Crippen molar-refractivity contribution in [1.82, 2.24) is 5.32 Å². The van der Waals surface area contributed by atoms with Crippen molar-refractivity contribution >= 4 is 0 Å². The summed E-state index contributed by atoms with van der Waals surface area (Å²) < 4.78 is 6.35. The molecule has 0 amide bonds. The number of aryl methyl sites for hydroxylation is 1. The highest BCUT2D eigenvalue weighted by atomic mass is 16.5. The quantitative estimate of drug-likeness (QED) is 0.890. The maximum Gasteiger partial charge on any atom is 0.0708 e. The van der Waals surface area contributed by atoms with E-state index in [1.165, 1.54) is 49.7 Å². The molecule has 2 unspecified atom stereocenters. The summed E-state index contributed by atoms with van der Waals surface area (Å²) in [5.41, 5.74) is 2.95. The molecule has 20 heavy (non-hydrogen) atoms. The SMILES string of the molecule is Cc1ccc(C(C)NCC2CCC3(CCCC3)O2)cc1. The Balaban J connectivity index is 1.49. The van der Waals surface area contributed by atoms with Gasteiger partial charge in [-0.1, -0.05) is 42.7 Å². The normalized spacial score (nSPS) is 26.2. The van der Waals surface area contributed by atoms with Crippen molar-refractivity contribution in [2.24, 2.45) is 0 Å². The van der Waals surface area contributed by atoms with Crippen LogP contribution in [0.5, 0.6) is 0 Å². The van der Waals surface area contributed by atoms with Gasteiger partial charge in [0.2, 0.25) is 0 Å². The van der Waals surface area contributed by atoms with Gasteiger partial charge in [-0.15, -0.1) is 0 Å². The minimum absolute atomic E-state index is 0.263. The minimum atomic E-state index is 0.263. The monoisotopic (exact) mass is 273 g/mol. The zero-order chi connectivity index (χ0) is 14.0. The summed E-state index contributed by atoms with van der Waals surface area (Å²) >= 11 is 0. The lowest BCUT2D eigenvalue weighted by molar-refractivity contribution is -0.0357. The fourth-order valence-electron chi connectivity index (χ4n) is 3.71. The predicted molar refractivity (Wildman–Crippen MR) is 82.9 cm³/mol. The van der Waals surface area contributed by atoms with E-state index in [-0.39, 0.29) is 5.60 Å². The Morgan fingerprint density at radius 3 is 2.60 bits per heavy atom. The first-order valence-electron chi connectivity index (χ1n) is 8.15. The lowest BCUT2D eigenvalue weighted by Crippen LogP contribution is -2.32. The summed E-state index contributed by atoms with van der Waals surface area (Å²) in [6, 6.07) is 9.22. The largest absolute Gasteiger partial charge is 0.370 e. The zero-order valence-corrected chi connectivity index (χ0v) is 12.8. The van der Waals surface area contributed by atoms with E-state index in [0.717, 1.165) is 6.54 Å². The van der Waals surface area contributed by atoms with E-state index in [1.54, 1.807) is 0 Å². The Kier molecular flexibility index (Phi) is 4.13. The van der Waals surface area contributed by atoms with Gasteiger partial charge < -0.3 is 10.1 Å². The molecule has 1 saturated carbocycles. The molecule has 1 aromatic rings. The first kappa shape index (κ1) is 14.1. The minimum Gasteiger partial charge on any atom is -0.370 e. The number of ether oxygens (including phenoxy) is 1. The number of hydrogen-bond acceptors (Lipinski definition) is 2. The summed E-state index contributed by atoms with van der Waals surface area (Å²) in [6.45, 7) is 5.36. The van der Waals surface area contributed by atoms with Crippen LogP contribution < -0.4 is 5.32 Å². The van der Waals surface area contributed by atoms with Gasteiger partial charge in [0.15, 0.2) is 0 Å². The molecule has 1 heterocycles. The highest BCUT2D eigenvalue weighted by Gasteiger charge is 2.41. The van der Waals surface area contributed by atoms with Gasteiger partial charge >= 0.3 is 0 Å². The molecule has 3 rings (SSSR count). The molecule has 2 atom stereocenters. The first-order chi connectivity index (χ1) is 9.67. The third kappa shape index (κ3) is 3.07. The summed E-state index contributed by atoms with van der Waals surface area (Å²) in [5.74, 6) is 0. The van der Waals surface area contributed by atoms with E-state index in [2.05, 4.69) is 43.4 Å². The van der Waals surface area contributed by atoms with Crippen LogP contribution in [-0.2, 0) is 4.74 Å². The third-order valence-corrected chi connectivity index (χ3v) is 5.08. The molecular weight excluding hydrogens is 246 g/mol. The Morgan fingerprint density at radius 2 is 1.90 bits per heavy atom. The standard InChI is InChI=1S/C18H27NO/c1-14-5-7-16(8-6-14)15(2)19-13-17-9-12-18(20-17)10-3-4-11-18/h5-8,15,17,19H,3-4,9-13H2,1-2H3. The van der Waals surface area contributed by atoms with Gasteiger partial charge in [0.1, 0.15) is 0 Å². The van der Waals surface area contributed by atoms with Crippen LogP contribution in [0.2, 0.25) is 0 Å². The van der Waals surface area contributed by atoms with E-state index in [1.807, 2.05) is 0 Å². The van der Waals surface area contributed by atoms with Crippen LogP contribution in [0.4, 0.5) is 0 Å². The fraction of sp³-hybridized carbons (Fsp3) is 0.667. The average Bonchev–Trinajstić information content (AvgIpc) is 3.08. The molecule has 0 aromatic heterocycles. The van der Waals surface area contributed by atoms with Gasteiger partial charge in [-0.3, -0.25) is 0 Å². The van der Waals surface area contributed by atoms with Gasteiger partial charge in [-0.05, 0) is 45.1 Å². The van der Waals surface area contributed by atoms with E-state index >= 15 is 0 Å². The Morgan fingerprint density at radius 1 is 1.20 bits per heavy atom. The summed E-state index contributed by atoms with van der Waals surface area (Å²) in [6.07, 6.45) is 8.22. The summed E-state index contributed by atoms with van der Waals surface area (Å²) in [4.78, 5) is 0. The molecule has 0 radical (unpaired) electrons. The molecule has 1 N–H and O–H groups in total. The van der Waals surface area contributed by atoms with Gasteiger partial charge in [-0.2, -0.15) is 0 Å². The molecule has 2 aliphatic rings. The average molecular weight is 273 g/mol. The molecule has 2 nitrogen and oxygen atoms in total. The lowest BCUT2D eigenvalue weighted by Gasteiger charge is -2.24. The fourth-order valence-corrected chi connectivity index (χ4v) is 3.71. The van der Waals surface area contributed by atoms with Gasteiger partial charge in [0.05, 0.1) is 11.7 Å². The molecule has 110 valence electrons. The molecule has 0 bridgehead atoms. The molecule has 1 aliphatic heterocycles. The van der Waals surface area contributed by atoms with Gasteiger partial charge in [0, 0.05) is 12.6 Å². The Labute approximate surface area is 122 Å². The van der Waals surface area contributed by atoms with Crippen LogP contribution >= 0.6 is 0 Å². The van der Waals surface area contributed by atoms with E-state index in [4.69, 9.17) is 4.74 Å². The maximum absolute atomic E-state index is 6.35. The van der Waals surface area contributed by atoms with Crippen molar-refractivity contribution in [1.29, 1.82) is 0 Å². The van der Waals surface area contributed by atoms with Crippen LogP contribution in [0.15, 0.2) is 24.3 Å². The van der Waals surface area contributed by atoms with Crippen molar-refractivity contribution < 1.29 is 4.74 Å². The second-order valence-corrected chi connectivity index (χ2v) is 6.71. The van der Waals surface area contributed by atoms with Crippen LogP contribution in [-0.4, -0.2) is 18.2 Å². The highest BCUT2D eigenvalue weighted by molar-refractivity contribution is 5.23. The van der Waals surface area contributed by atoms with Crippen molar-refractivity contribution in [2.75, 3.05) is 6.54 Å². The lowest BCUT2D eigenvalue weighted by atomic mass is 9.98. The van der Waals surface area contributed by atoms with Crippen molar-refractivity contribution in [3.63, 3.8) is 0 Å². The van der Waals surface area contributed by atoms with E-state index in [0.29, 0.717) is 12.1 Å². The zero-order valence-electron chi connectivity index (χ0n) is 12.8. The van der Waals surface area contributed by atoms with Crippen LogP contribution in [0, 0.1) is 6.92 Å². The van der Waals surface area contributed by atoms with Crippen LogP contribution in [0.3, 0.4) is 0 Å². The number of rotatable bonds is 4. The van der Waals surface area contributed by atoms with Crippen molar-refractivity contribution in [3.8, 4) is 0 Å². The van der Waals surface area contributed by atoms with Gasteiger partial charge in [0.25, 0.3) is 0 Å². The molecule has 1 saturated heterocycles. The van der Waals surface area contributed by atoms with E-state index in [9.17, 15) is 0 Å². The first-order valence-corrected chi connectivity index (χ1v) is 8.15. The maximum atomic E-state index is 6.35. The topological polar surface area (TPSA) is 21.3 Å². The predicted octanol–water partition coefficient (Wildman–Crippen LogP) is 4.14. The van der Waals surface area contributed by atoms with Crippen LogP contribution in [0.25, 0.3) is 0 Å². The smallest absolute Gasteiger partial charge is 0.0708 e. The second-order valence-electron chi connectivity index (χ2n) is 6.71. The van der Waals surface area contributed by atoms with E-state index < -0.39 is 0 Å². The number of benzene rings is 1. The molecule has 1 spiro atoms. The molecular formula is C18H27NO. The third-order valence-electron chi connectivity index (χ3n) is 5.08.